The number of hydrogen-bond donors (Lipinski definition) is 17. The van der Waals surface area contributed by atoms with Crippen LogP contribution in [0.4, 0.5) is 0 Å². The molecule has 50 nitrogen and oxygen atoms in total. The maximum atomic E-state index is 15.1. The van der Waals surface area contributed by atoms with Crippen LogP contribution in [0.25, 0.3) is 0 Å². The van der Waals surface area contributed by atoms with Gasteiger partial charge in [0.1, 0.15) is 79.2 Å². The minimum Gasteiger partial charge on any atom is -0.394 e. The maximum Gasteiger partial charge on any atom is 0.253 e. The molecule has 9 rings (SSSR count). The SMILES string of the molecule is CC(=O)N[C@@H]1[C@@H](O)[C@@H](O)[C@@H](CO)O[C@H]1CCCOCCn1cc(CN(CCCC[C@@H](C(=O)NCCCNC(=O)CCN2C(=O)C=CC2=O)N(Cc2cn(CCOCCO[C@@H]3O[C@H](CO)[C@H](O)[C@H](O)[C@H]3C)nn2)Cc2cn(CCOCCO[C@@H]3O[C@H](CO)[C@H](O)[C@H](O)[C@H]3NC(C)=O)nn2)Cc2cn(CCOCCO[C@@H]3O[C@H](CO)[C@H](O)[C@H](O)[C@H]3NC(C)=O)nn2)nn1. The summed E-state index contributed by atoms with van der Waals surface area (Å²) in [6.07, 6.45) is -8.57. The van der Waals surface area contributed by atoms with Crippen LogP contribution in [0, 0.1) is 5.92 Å². The molecule has 5 aliphatic heterocycles. The molecule has 0 aliphatic carbocycles. The third kappa shape index (κ3) is 31.3. The van der Waals surface area contributed by atoms with Crippen molar-refractivity contribution < 1.29 is 147 Å². The average molecular weight is 1800 g/mol. The van der Waals surface area contributed by atoms with Crippen molar-refractivity contribution in [1.82, 2.24) is 101 Å². The van der Waals surface area contributed by atoms with Crippen LogP contribution in [-0.2, 0) is 138 Å². The summed E-state index contributed by atoms with van der Waals surface area (Å²) < 4.78 is 70.2. The van der Waals surface area contributed by atoms with Gasteiger partial charge in [-0.1, -0.05) is 34.2 Å². The van der Waals surface area contributed by atoms with Gasteiger partial charge in [-0.25, -0.2) is 18.7 Å². The number of hydrogen-bond acceptors (Lipinski definition) is 40. The predicted octanol–water partition coefficient (Wildman–Crippen LogP) is -9.92. The van der Waals surface area contributed by atoms with Gasteiger partial charge >= 0.3 is 0 Å². The first-order valence-electron chi connectivity index (χ1n) is 42.2. The van der Waals surface area contributed by atoms with E-state index in [-0.39, 0.29) is 157 Å². The summed E-state index contributed by atoms with van der Waals surface area (Å²) in [5, 5.41) is 172. The number of aliphatic hydroxyl groups is 12. The fourth-order valence-electron chi connectivity index (χ4n) is 14.8. The smallest absolute Gasteiger partial charge is 0.253 e. The Morgan fingerprint density at radius 1 is 0.437 bits per heavy atom. The molecule has 0 unspecified atom stereocenters. The first kappa shape index (κ1) is 102. The maximum absolute atomic E-state index is 15.1. The lowest BCUT2D eigenvalue weighted by Crippen LogP contribution is -2.64. The standard InChI is InChI=1S/C76H124N20O30/c1-45-65(107)66(108)56(42-98)124-74(45)120-30-27-117-25-20-94-39-51(84-88-94)35-91(36-52-40-95(89-85-52)21-26-119-29-32-122-76-64(81-48(4)103)72(114)69(111)58(44-100)126-76)53(73(115)78-15-8-14-77-59(104)13-17-96-60(105)11-12-61(96)106)9-5-6-16-90(33-49-37-92(86-82-49)18-23-116-22-7-10-54-62(79-46(2)101)70(112)67(109)55(41-97)123-54)34-50-38-93(87-83-50)19-24-118-28-31-121-75-63(80-47(3)102)71(113)68(110)57(43-99)125-75/h11-12,37-40,45,53-58,62-72,74-76,97-100,107-114H,5-10,13-36,41-44H2,1-4H3,(H,77,104)(H,78,115)(H,79,101)(H,80,102)(H,81,103)/t45-,53+,54+,55-,56-,57-,58-,62+,63-,64-,65-,66+,67+,68+,69+,70-,71-,72-,74-,75-,76-/m1/s1. The second kappa shape index (κ2) is 52.4. The molecule has 4 fully saturated rings. The van der Waals surface area contributed by atoms with Crippen LogP contribution in [0.1, 0.15) is 95.4 Å². The fourth-order valence-corrected chi connectivity index (χ4v) is 14.8. The van der Waals surface area contributed by atoms with Gasteiger partial charge in [-0.2, -0.15) is 0 Å². The highest BCUT2D eigenvalue weighted by atomic mass is 16.7. The minimum atomic E-state index is -1.51. The lowest BCUT2D eigenvalue weighted by molar-refractivity contribution is -0.284. The van der Waals surface area contributed by atoms with E-state index in [4.69, 9.17) is 52.1 Å². The summed E-state index contributed by atoms with van der Waals surface area (Å²) in [6.45, 7) is 6.03. The number of nitrogens with one attached hydrogen (secondary N) is 5. The van der Waals surface area contributed by atoms with E-state index in [0.29, 0.717) is 61.5 Å². The number of nitrogens with zero attached hydrogens (tertiary/aromatic N) is 15. The van der Waals surface area contributed by atoms with Crippen molar-refractivity contribution in [2.75, 3.05) is 125 Å². The van der Waals surface area contributed by atoms with Crippen LogP contribution in [0.3, 0.4) is 0 Å². The van der Waals surface area contributed by atoms with E-state index < -0.39 is 196 Å². The molecule has 126 heavy (non-hydrogen) atoms. The Morgan fingerprint density at radius 3 is 1.27 bits per heavy atom. The topological polar surface area (TPSA) is 656 Å². The monoisotopic (exact) mass is 1800 g/mol. The number of carbonyl (C=O) groups excluding carboxylic acids is 7. The molecule has 17 N–H and O–H groups in total. The molecule has 21 atom stereocenters. The molecule has 4 saturated heterocycles. The molecule has 0 bridgehead atoms. The number of aromatic nitrogens is 12. The summed E-state index contributed by atoms with van der Waals surface area (Å²) >= 11 is 0. The molecule has 0 aromatic carbocycles. The molecule has 0 spiro atoms. The van der Waals surface area contributed by atoms with E-state index in [2.05, 4.69) is 72.7 Å². The summed E-state index contributed by atoms with van der Waals surface area (Å²) in [4.78, 5) is 93.3. The normalized spacial score (nSPS) is 27.2. The highest BCUT2D eigenvalue weighted by Crippen LogP contribution is 2.29. The van der Waals surface area contributed by atoms with Gasteiger partial charge in [0.15, 0.2) is 18.9 Å². The number of aliphatic hydroxyl groups excluding tert-OH is 12. The Bertz CT molecular complexity index is 3860. The van der Waals surface area contributed by atoms with Gasteiger partial charge in [0.2, 0.25) is 29.5 Å². The third-order valence-corrected chi connectivity index (χ3v) is 21.5. The largest absolute Gasteiger partial charge is 0.394 e. The van der Waals surface area contributed by atoms with Crippen molar-refractivity contribution in [2.45, 2.75) is 247 Å². The van der Waals surface area contributed by atoms with Crippen LogP contribution >= 0.6 is 0 Å². The van der Waals surface area contributed by atoms with Crippen molar-refractivity contribution in [3.63, 3.8) is 0 Å². The van der Waals surface area contributed by atoms with Crippen molar-refractivity contribution in [3.8, 4) is 0 Å². The van der Waals surface area contributed by atoms with Gasteiger partial charge < -0.3 is 140 Å². The number of unbranched alkanes of at least 4 members (excludes halogenated alkanes) is 1. The van der Waals surface area contributed by atoms with Gasteiger partial charge in [0.25, 0.3) is 11.8 Å². The second-order valence-electron chi connectivity index (χ2n) is 31.2. The van der Waals surface area contributed by atoms with Crippen LogP contribution < -0.4 is 26.6 Å². The molecule has 50 heteroatoms. The van der Waals surface area contributed by atoms with E-state index in [1.54, 1.807) is 50.4 Å². The van der Waals surface area contributed by atoms with Crippen LogP contribution in [-0.4, -0.2) is 425 Å². The van der Waals surface area contributed by atoms with Crippen molar-refractivity contribution in [1.29, 1.82) is 0 Å². The zero-order chi connectivity index (χ0) is 90.8. The molecule has 4 aromatic heterocycles. The van der Waals surface area contributed by atoms with Crippen molar-refractivity contribution >= 4 is 41.4 Å². The van der Waals surface area contributed by atoms with E-state index in [0.717, 1.165) is 17.1 Å². The Kier molecular flexibility index (Phi) is 42.3. The molecule has 9 heterocycles. The third-order valence-electron chi connectivity index (χ3n) is 21.5. The highest BCUT2D eigenvalue weighted by molar-refractivity contribution is 6.13. The van der Waals surface area contributed by atoms with Crippen molar-refractivity contribution in [3.05, 3.63) is 59.7 Å². The quantitative estimate of drug-likeness (QED) is 0.0144. The molecule has 5 aliphatic rings. The van der Waals surface area contributed by atoms with E-state index in [9.17, 15) is 90.0 Å². The van der Waals surface area contributed by atoms with Gasteiger partial charge in [0.05, 0.1) is 166 Å². The summed E-state index contributed by atoms with van der Waals surface area (Å²) in [7, 11) is 0. The lowest BCUT2D eigenvalue weighted by Gasteiger charge is -2.42. The van der Waals surface area contributed by atoms with Crippen LogP contribution in [0.5, 0.6) is 0 Å². The zero-order valence-corrected chi connectivity index (χ0v) is 71.1. The Labute approximate surface area is 725 Å². The highest BCUT2D eigenvalue weighted by Gasteiger charge is 2.49. The number of ether oxygens (including phenoxy) is 11. The first-order valence-corrected chi connectivity index (χ1v) is 42.2. The predicted molar refractivity (Wildman–Crippen MR) is 426 cm³/mol. The Balaban J connectivity index is 0.886. The Hall–Kier alpha value is -8.21. The minimum absolute atomic E-state index is 0.00439. The number of imide groups is 1. The first-order chi connectivity index (χ1) is 60.6. The lowest BCUT2D eigenvalue weighted by atomic mass is 9.90. The molecule has 4 aromatic rings. The summed E-state index contributed by atoms with van der Waals surface area (Å²) in [5.41, 5.74) is 2.03. The van der Waals surface area contributed by atoms with Crippen LogP contribution in [0.2, 0.25) is 0 Å². The van der Waals surface area contributed by atoms with Gasteiger partial charge in [-0.05, 0) is 38.6 Å². The van der Waals surface area contributed by atoms with Crippen molar-refractivity contribution in [2.24, 2.45) is 5.92 Å². The van der Waals surface area contributed by atoms with Gasteiger partial charge in [0, 0.05) is 122 Å². The molecule has 708 valence electrons. The average Bonchev–Trinajstić information content (AvgIpc) is 1.31. The van der Waals surface area contributed by atoms with E-state index in [1.165, 1.54) is 20.8 Å². The number of amides is 7. The number of rotatable bonds is 57. The fraction of sp³-hybridized carbons (Fsp3) is 0.776. The Morgan fingerprint density at radius 2 is 0.825 bits per heavy atom. The summed E-state index contributed by atoms with van der Waals surface area (Å²) in [5.74, 6) is -3.91. The second-order valence-corrected chi connectivity index (χ2v) is 31.2. The van der Waals surface area contributed by atoms with Gasteiger partial charge in [-0.3, -0.25) is 48.3 Å². The molecular weight excluding hydrogens is 1670 g/mol. The van der Waals surface area contributed by atoms with Crippen LogP contribution in [0.15, 0.2) is 36.9 Å². The molecule has 7 amide bonds. The van der Waals surface area contributed by atoms with Gasteiger partial charge in [-0.15, -0.1) is 20.4 Å². The molecule has 0 radical (unpaired) electrons. The number of carbonyl (C=O) groups is 7. The molecule has 0 saturated carbocycles. The van der Waals surface area contributed by atoms with E-state index in [1.807, 2.05) is 4.90 Å². The van der Waals surface area contributed by atoms with E-state index >= 15 is 4.79 Å². The molecular formula is C76H124N20O30. The summed E-state index contributed by atoms with van der Waals surface area (Å²) in [6, 6.07) is -4.13. The zero-order valence-electron chi connectivity index (χ0n) is 71.1.